The number of carbonyl (C=O) groups excluding carboxylic acids is 1. The first kappa shape index (κ1) is 27.6. The summed E-state index contributed by atoms with van der Waals surface area (Å²) >= 11 is 0. The molecule has 1 aromatic heterocycles. The van der Waals surface area contributed by atoms with Gasteiger partial charge >= 0.3 is 0 Å². The van der Waals surface area contributed by atoms with Gasteiger partial charge in [-0.1, -0.05) is 20.8 Å². The fourth-order valence-corrected chi connectivity index (χ4v) is 8.95. The van der Waals surface area contributed by atoms with Crippen LogP contribution in [0.3, 0.4) is 0 Å². The summed E-state index contributed by atoms with van der Waals surface area (Å²) < 4.78 is 61.3. The Kier molecular flexibility index (Phi) is 6.99. The summed E-state index contributed by atoms with van der Waals surface area (Å²) in [7, 11) is -7.45. The number of amides is 1. The number of benzene rings is 2. The Morgan fingerprint density at radius 1 is 0.949 bits per heavy atom. The number of anilines is 1. The minimum atomic E-state index is -3.76. The standard InChI is InChI=1S/C28H33N3O6S2/c1-27(2)15-22-16-28(3,18-27)19-31(22)39(35,36)25-10-6-20(7-11-25)26(32)30-21-8-12-24(13-9-21)38(33,34)29-17-23-5-4-14-37-23/h4-14,22,29H,15-19H2,1-3H3,(H,30,32)/t22-,28+/m0/s1. The fraction of sp³-hybridized carbons (Fsp3) is 0.393. The highest BCUT2D eigenvalue weighted by molar-refractivity contribution is 7.89. The predicted molar refractivity (Wildman–Crippen MR) is 147 cm³/mol. The van der Waals surface area contributed by atoms with E-state index in [4.69, 9.17) is 4.42 Å². The van der Waals surface area contributed by atoms with Gasteiger partial charge in [0.05, 0.1) is 22.6 Å². The average molecular weight is 572 g/mol. The Hall–Kier alpha value is -2.99. The van der Waals surface area contributed by atoms with Crippen molar-refractivity contribution in [3.63, 3.8) is 0 Å². The lowest BCUT2D eigenvalue weighted by molar-refractivity contribution is 0.102. The lowest BCUT2D eigenvalue weighted by atomic mass is 9.65. The van der Waals surface area contributed by atoms with Crippen molar-refractivity contribution >= 4 is 31.6 Å². The number of fused-ring (bicyclic) bond motifs is 2. The zero-order chi connectivity index (χ0) is 28.1. The summed E-state index contributed by atoms with van der Waals surface area (Å²) in [5.41, 5.74) is 0.771. The highest BCUT2D eigenvalue weighted by atomic mass is 32.2. The second-order valence-electron chi connectivity index (χ2n) is 11.7. The Labute approximate surface area is 229 Å². The Bertz CT molecular complexity index is 1560. The molecule has 0 radical (unpaired) electrons. The van der Waals surface area contributed by atoms with E-state index in [2.05, 4.69) is 30.8 Å². The summed E-state index contributed by atoms with van der Waals surface area (Å²) in [6.07, 6.45) is 4.17. The van der Waals surface area contributed by atoms with Crippen LogP contribution in [-0.4, -0.2) is 39.6 Å². The second-order valence-corrected chi connectivity index (χ2v) is 15.3. The van der Waals surface area contributed by atoms with E-state index in [0.717, 1.165) is 19.3 Å². The molecule has 11 heteroatoms. The molecule has 2 N–H and O–H groups in total. The molecular formula is C28H33N3O6S2. The summed E-state index contributed by atoms with van der Waals surface area (Å²) in [4.78, 5) is 13.0. The maximum Gasteiger partial charge on any atom is 0.255 e. The van der Waals surface area contributed by atoms with E-state index in [1.807, 2.05) is 0 Å². The molecule has 2 aromatic carbocycles. The molecule has 2 bridgehead atoms. The van der Waals surface area contributed by atoms with E-state index in [0.29, 0.717) is 23.6 Å². The molecule has 1 saturated carbocycles. The summed E-state index contributed by atoms with van der Waals surface area (Å²) in [6, 6.07) is 15.0. The van der Waals surface area contributed by atoms with Crippen LogP contribution in [0.25, 0.3) is 0 Å². The molecule has 1 aliphatic heterocycles. The van der Waals surface area contributed by atoms with E-state index in [1.165, 1.54) is 54.8 Å². The zero-order valence-electron chi connectivity index (χ0n) is 22.2. The van der Waals surface area contributed by atoms with Gasteiger partial charge in [-0.2, -0.15) is 4.31 Å². The van der Waals surface area contributed by atoms with Crippen molar-refractivity contribution in [1.82, 2.24) is 9.03 Å². The van der Waals surface area contributed by atoms with E-state index in [-0.39, 0.29) is 33.2 Å². The van der Waals surface area contributed by atoms with Gasteiger partial charge in [0.25, 0.3) is 5.91 Å². The number of hydrogen-bond acceptors (Lipinski definition) is 6. The number of furan rings is 1. The first-order valence-electron chi connectivity index (χ1n) is 12.8. The maximum absolute atomic E-state index is 13.5. The van der Waals surface area contributed by atoms with Gasteiger partial charge in [0.2, 0.25) is 20.0 Å². The minimum absolute atomic E-state index is 0.0150. The van der Waals surface area contributed by atoms with Gasteiger partial charge in [0.1, 0.15) is 5.76 Å². The number of sulfonamides is 2. The summed E-state index contributed by atoms with van der Waals surface area (Å²) in [5, 5.41) is 2.72. The van der Waals surface area contributed by atoms with Gasteiger partial charge in [-0.3, -0.25) is 4.79 Å². The molecule has 3 aromatic rings. The molecule has 0 spiro atoms. The van der Waals surface area contributed by atoms with E-state index in [1.54, 1.807) is 16.4 Å². The van der Waals surface area contributed by atoms with Crippen LogP contribution >= 0.6 is 0 Å². The van der Waals surface area contributed by atoms with Crippen LogP contribution in [0.5, 0.6) is 0 Å². The van der Waals surface area contributed by atoms with Crippen molar-refractivity contribution in [2.45, 2.75) is 62.4 Å². The van der Waals surface area contributed by atoms with Gasteiger partial charge in [0.15, 0.2) is 0 Å². The number of hydrogen-bond donors (Lipinski definition) is 2. The van der Waals surface area contributed by atoms with Crippen LogP contribution in [0.2, 0.25) is 0 Å². The second kappa shape index (κ2) is 9.88. The van der Waals surface area contributed by atoms with Gasteiger partial charge in [-0.05, 0) is 90.8 Å². The molecule has 2 heterocycles. The van der Waals surface area contributed by atoms with Crippen LogP contribution in [0.4, 0.5) is 5.69 Å². The number of nitrogens with one attached hydrogen (secondary N) is 2. The third-order valence-corrected chi connectivity index (χ3v) is 10.9. The molecule has 208 valence electrons. The van der Waals surface area contributed by atoms with E-state index in [9.17, 15) is 21.6 Å². The maximum atomic E-state index is 13.5. The van der Waals surface area contributed by atoms with Gasteiger partial charge in [-0.15, -0.1) is 0 Å². The highest BCUT2D eigenvalue weighted by Crippen LogP contribution is 2.53. The topological polar surface area (TPSA) is 126 Å². The fourth-order valence-electron chi connectivity index (χ4n) is 6.19. The number of rotatable bonds is 8. The van der Waals surface area contributed by atoms with Crippen LogP contribution in [0.1, 0.15) is 56.2 Å². The first-order valence-corrected chi connectivity index (χ1v) is 15.7. The minimum Gasteiger partial charge on any atom is -0.468 e. The smallest absolute Gasteiger partial charge is 0.255 e. The molecule has 1 aliphatic carbocycles. The number of carbonyl (C=O) groups is 1. The zero-order valence-corrected chi connectivity index (χ0v) is 23.8. The van der Waals surface area contributed by atoms with E-state index < -0.39 is 26.0 Å². The molecule has 9 nitrogen and oxygen atoms in total. The van der Waals surface area contributed by atoms with Crippen LogP contribution in [0.15, 0.2) is 81.1 Å². The molecular weight excluding hydrogens is 538 g/mol. The third-order valence-electron chi connectivity index (χ3n) is 7.53. The van der Waals surface area contributed by atoms with Crippen LogP contribution < -0.4 is 10.0 Å². The first-order chi connectivity index (χ1) is 18.3. The van der Waals surface area contributed by atoms with Gasteiger partial charge < -0.3 is 9.73 Å². The molecule has 1 amide bonds. The van der Waals surface area contributed by atoms with Crippen molar-refractivity contribution in [2.24, 2.45) is 10.8 Å². The molecule has 2 fully saturated rings. The predicted octanol–water partition coefficient (Wildman–Crippen LogP) is 4.60. The third kappa shape index (κ3) is 5.81. The van der Waals surface area contributed by atoms with Gasteiger partial charge in [0, 0.05) is 23.8 Å². The monoisotopic (exact) mass is 571 g/mol. The van der Waals surface area contributed by atoms with Gasteiger partial charge in [-0.25, -0.2) is 21.6 Å². The largest absolute Gasteiger partial charge is 0.468 e. The molecule has 1 saturated heterocycles. The Balaban J connectivity index is 1.23. The number of nitrogens with zero attached hydrogens (tertiary/aromatic N) is 1. The van der Waals surface area contributed by atoms with Crippen LogP contribution in [-0.2, 0) is 26.6 Å². The highest BCUT2D eigenvalue weighted by Gasteiger charge is 2.53. The Morgan fingerprint density at radius 2 is 1.62 bits per heavy atom. The summed E-state index contributed by atoms with van der Waals surface area (Å²) in [6.45, 7) is 7.11. The Morgan fingerprint density at radius 3 is 2.26 bits per heavy atom. The van der Waals surface area contributed by atoms with E-state index >= 15 is 0 Å². The lowest BCUT2D eigenvalue weighted by Crippen LogP contribution is -2.37. The van der Waals surface area contributed by atoms with Crippen molar-refractivity contribution in [1.29, 1.82) is 0 Å². The normalized spacial score (nSPS) is 23.0. The summed E-state index contributed by atoms with van der Waals surface area (Å²) in [5.74, 6) is 0.0551. The quantitative estimate of drug-likeness (QED) is 0.407. The van der Waals surface area contributed by atoms with Crippen molar-refractivity contribution in [3.8, 4) is 0 Å². The van der Waals surface area contributed by atoms with Crippen molar-refractivity contribution in [2.75, 3.05) is 11.9 Å². The van der Waals surface area contributed by atoms with Crippen molar-refractivity contribution < 1.29 is 26.0 Å². The molecule has 5 rings (SSSR count). The SMILES string of the molecule is CC1(C)C[C@H]2C[C@@](C)(CN2S(=O)(=O)c2ccc(C(=O)Nc3ccc(S(=O)(=O)NCc4ccco4)cc3)cc2)C1. The molecule has 2 aliphatic rings. The average Bonchev–Trinajstić information content (AvgIpc) is 3.48. The van der Waals surface area contributed by atoms with Crippen LogP contribution in [0, 0.1) is 10.8 Å². The lowest BCUT2D eigenvalue weighted by Gasteiger charge is -2.39. The molecule has 2 atom stereocenters. The van der Waals surface area contributed by atoms with Crippen molar-refractivity contribution in [3.05, 3.63) is 78.3 Å². The molecule has 0 unspecified atom stereocenters. The molecule has 39 heavy (non-hydrogen) atoms.